The SMILES string of the molecule is O=c1occ(COCC(F)(OC(F)(F)C(F)(OC(F)(F)C(F)(F)C(F)(F)F)C(F)(F)F)C(F)(F)F)o1. The highest BCUT2D eigenvalue weighted by Gasteiger charge is 2.85. The summed E-state index contributed by atoms with van der Waals surface area (Å²) in [6.07, 6.45) is -37.8. The highest BCUT2D eigenvalue weighted by Crippen LogP contribution is 2.56. The molecule has 0 saturated carbocycles. The molecule has 212 valence electrons. The lowest BCUT2D eigenvalue weighted by Crippen LogP contribution is -2.67. The zero-order valence-corrected chi connectivity index (χ0v) is 15.9. The van der Waals surface area contributed by atoms with E-state index in [1.54, 1.807) is 0 Å². The smallest absolute Gasteiger partial charge is 0.399 e. The van der Waals surface area contributed by atoms with Gasteiger partial charge in [-0.15, -0.1) is 0 Å². The first-order valence-corrected chi connectivity index (χ1v) is 7.90. The van der Waals surface area contributed by atoms with E-state index in [4.69, 9.17) is 0 Å². The van der Waals surface area contributed by atoms with Gasteiger partial charge in [0.15, 0.2) is 5.76 Å². The van der Waals surface area contributed by atoms with Crippen LogP contribution in [-0.2, 0) is 20.8 Å². The van der Waals surface area contributed by atoms with Crippen molar-refractivity contribution >= 4 is 0 Å². The molecule has 1 aromatic heterocycles. The molecule has 0 aliphatic heterocycles. The number of hydrogen-bond acceptors (Lipinski definition) is 6. The van der Waals surface area contributed by atoms with Gasteiger partial charge in [-0.25, -0.2) is 4.79 Å². The van der Waals surface area contributed by atoms with Gasteiger partial charge >= 0.3 is 54.2 Å². The maximum Gasteiger partial charge on any atom is 0.518 e. The Hall–Kier alpha value is -2.30. The normalized spacial score (nSPS) is 18.1. The van der Waals surface area contributed by atoms with Gasteiger partial charge in [0, 0.05) is 0 Å². The topological polar surface area (TPSA) is 71.0 Å². The van der Waals surface area contributed by atoms with Gasteiger partial charge < -0.3 is 13.6 Å². The molecule has 0 aliphatic carbocycles. The highest BCUT2D eigenvalue weighted by molar-refractivity contribution is 4.95. The quantitative estimate of drug-likeness (QED) is 0.335. The second-order valence-corrected chi connectivity index (χ2v) is 6.18. The number of ether oxygens (including phenoxy) is 3. The summed E-state index contributed by atoms with van der Waals surface area (Å²) in [6.45, 7) is -4.54. The predicted molar refractivity (Wildman–Crippen MR) is 69.8 cm³/mol. The number of halogens is 17. The van der Waals surface area contributed by atoms with Crippen LogP contribution in [-0.4, -0.2) is 55.0 Å². The summed E-state index contributed by atoms with van der Waals surface area (Å²) >= 11 is 0. The second-order valence-electron chi connectivity index (χ2n) is 6.18. The van der Waals surface area contributed by atoms with Crippen molar-refractivity contribution < 1.29 is 97.7 Å². The fourth-order valence-corrected chi connectivity index (χ4v) is 1.74. The first-order valence-electron chi connectivity index (χ1n) is 7.90. The molecule has 1 rings (SSSR count). The molecule has 0 fully saturated rings. The molecule has 2 unspecified atom stereocenters. The van der Waals surface area contributed by atoms with Gasteiger partial charge in [0.1, 0.15) is 19.5 Å². The second kappa shape index (κ2) is 9.22. The van der Waals surface area contributed by atoms with Crippen molar-refractivity contribution in [2.24, 2.45) is 0 Å². The Kier molecular flexibility index (Phi) is 8.13. The molecule has 36 heavy (non-hydrogen) atoms. The van der Waals surface area contributed by atoms with Gasteiger partial charge in [0.25, 0.3) is 0 Å². The Labute approximate surface area is 183 Å². The lowest BCUT2D eigenvalue weighted by molar-refractivity contribution is -0.553. The maximum absolute atomic E-state index is 14.1. The first-order chi connectivity index (χ1) is 15.6. The van der Waals surface area contributed by atoms with E-state index in [9.17, 15) is 79.4 Å². The summed E-state index contributed by atoms with van der Waals surface area (Å²) in [4.78, 5) is 10.5. The van der Waals surface area contributed by atoms with Crippen molar-refractivity contribution in [3.63, 3.8) is 0 Å². The van der Waals surface area contributed by atoms with Crippen LogP contribution in [0.4, 0.5) is 74.6 Å². The molecular formula is C13H5F17O6. The standard InChI is InChI=1S/C13H5F17O6/c14-6(9(18,19)20,3-32-1-4-2-33-5(31)34-4)35-13(29,30)8(17,11(24,25)26)36-12(27,28)7(15,16)10(21,22)23/h2H,1,3H2. The van der Waals surface area contributed by atoms with Gasteiger partial charge in [-0.2, -0.15) is 74.6 Å². The Morgan fingerprint density at radius 1 is 0.667 bits per heavy atom. The fourth-order valence-electron chi connectivity index (χ4n) is 1.74. The zero-order chi connectivity index (χ0) is 28.8. The first kappa shape index (κ1) is 31.7. The summed E-state index contributed by atoms with van der Waals surface area (Å²) in [5.41, 5.74) is 0. The van der Waals surface area contributed by atoms with Crippen LogP contribution < -0.4 is 5.82 Å². The third-order valence-electron chi connectivity index (χ3n) is 3.48. The summed E-state index contributed by atoms with van der Waals surface area (Å²) in [5.74, 6) is -24.6. The van der Waals surface area contributed by atoms with Crippen molar-refractivity contribution in [2.75, 3.05) is 6.61 Å². The van der Waals surface area contributed by atoms with Crippen LogP contribution >= 0.6 is 0 Å². The van der Waals surface area contributed by atoms with Crippen molar-refractivity contribution in [1.82, 2.24) is 0 Å². The third-order valence-corrected chi connectivity index (χ3v) is 3.48. The average Bonchev–Trinajstić information content (AvgIpc) is 3.02. The molecule has 1 heterocycles. The number of hydrogen-bond donors (Lipinski definition) is 0. The van der Waals surface area contributed by atoms with Gasteiger partial charge in [-0.1, -0.05) is 0 Å². The molecule has 0 radical (unpaired) electrons. The molecule has 6 nitrogen and oxygen atoms in total. The monoisotopic (exact) mass is 580 g/mol. The van der Waals surface area contributed by atoms with Gasteiger partial charge in [-0.3, -0.25) is 9.47 Å². The van der Waals surface area contributed by atoms with Crippen molar-refractivity contribution in [3.8, 4) is 0 Å². The third kappa shape index (κ3) is 5.98. The minimum atomic E-state index is -7.97. The van der Waals surface area contributed by atoms with E-state index < -0.39 is 73.2 Å². The summed E-state index contributed by atoms with van der Waals surface area (Å²) < 4.78 is 235. The molecule has 0 aromatic carbocycles. The van der Waals surface area contributed by atoms with E-state index in [-0.39, 0.29) is 6.26 Å². The largest absolute Gasteiger partial charge is 0.518 e. The van der Waals surface area contributed by atoms with Crippen LogP contribution in [0.15, 0.2) is 19.9 Å². The maximum atomic E-state index is 14.1. The van der Waals surface area contributed by atoms with E-state index in [2.05, 4.69) is 13.6 Å². The van der Waals surface area contributed by atoms with Crippen LogP contribution in [0.5, 0.6) is 0 Å². The summed E-state index contributed by atoms with van der Waals surface area (Å²) in [5, 5.41) is 0. The Bertz CT molecular complexity index is 942. The van der Waals surface area contributed by atoms with Crippen molar-refractivity contribution in [3.05, 3.63) is 22.6 Å². The Morgan fingerprint density at radius 2 is 1.17 bits per heavy atom. The van der Waals surface area contributed by atoms with E-state index in [1.165, 1.54) is 4.74 Å². The molecule has 0 amide bonds. The van der Waals surface area contributed by atoms with E-state index in [0.29, 0.717) is 0 Å². The molecule has 0 spiro atoms. The lowest BCUT2D eigenvalue weighted by Gasteiger charge is -2.40. The molecular weight excluding hydrogens is 575 g/mol. The molecule has 23 heteroatoms. The summed E-state index contributed by atoms with van der Waals surface area (Å²) in [6, 6.07) is 0. The van der Waals surface area contributed by atoms with Crippen LogP contribution in [0.2, 0.25) is 0 Å². The van der Waals surface area contributed by atoms with Crippen LogP contribution in [0.3, 0.4) is 0 Å². The van der Waals surface area contributed by atoms with E-state index >= 15 is 0 Å². The number of rotatable bonds is 10. The van der Waals surface area contributed by atoms with Crippen LogP contribution in [0.25, 0.3) is 0 Å². The van der Waals surface area contributed by atoms with Crippen LogP contribution in [0, 0.1) is 0 Å². The average molecular weight is 580 g/mol. The van der Waals surface area contributed by atoms with Crippen molar-refractivity contribution in [2.45, 2.75) is 55.0 Å². The zero-order valence-electron chi connectivity index (χ0n) is 15.9. The van der Waals surface area contributed by atoms with Gasteiger partial charge in [0.2, 0.25) is 0 Å². The van der Waals surface area contributed by atoms with E-state index in [0.717, 1.165) is 0 Å². The minimum absolute atomic E-state index is 0.276. The van der Waals surface area contributed by atoms with E-state index in [1.807, 2.05) is 4.74 Å². The minimum Gasteiger partial charge on any atom is -0.399 e. The Balaban J connectivity index is 3.41. The lowest BCUT2D eigenvalue weighted by atomic mass is 10.2. The highest BCUT2D eigenvalue weighted by atomic mass is 19.4. The molecule has 0 N–H and O–H groups in total. The predicted octanol–water partition coefficient (Wildman–Crippen LogP) is 5.62. The molecule has 0 saturated heterocycles. The Morgan fingerprint density at radius 3 is 1.53 bits per heavy atom. The van der Waals surface area contributed by atoms with Gasteiger partial charge in [-0.05, 0) is 0 Å². The molecule has 0 bridgehead atoms. The molecule has 0 aliphatic rings. The summed E-state index contributed by atoms with van der Waals surface area (Å²) in [7, 11) is 0. The molecule has 1 aromatic rings. The molecule has 2 atom stereocenters. The van der Waals surface area contributed by atoms with Crippen molar-refractivity contribution in [1.29, 1.82) is 0 Å². The van der Waals surface area contributed by atoms with Crippen LogP contribution in [0.1, 0.15) is 5.76 Å². The van der Waals surface area contributed by atoms with Gasteiger partial charge in [0.05, 0.1) is 0 Å². The number of alkyl halides is 17. The fraction of sp³-hybridized carbons (Fsp3) is 0.769.